The summed E-state index contributed by atoms with van der Waals surface area (Å²) in [5.41, 5.74) is 0. The third-order valence-corrected chi connectivity index (χ3v) is 11.8. The van der Waals surface area contributed by atoms with E-state index >= 15 is 0 Å². The summed E-state index contributed by atoms with van der Waals surface area (Å²) in [6.07, 6.45) is 19.1. The first-order valence-electron chi connectivity index (χ1n) is 15.0. The van der Waals surface area contributed by atoms with Crippen molar-refractivity contribution < 1.29 is 44.7 Å². The van der Waals surface area contributed by atoms with E-state index in [4.69, 9.17) is 0 Å². The Kier molecular flexibility index (Phi) is 17.1. The van der Waals surface area contributed by atoms with Crippen molar-refractivity contribution in [1.29, 1.82) is 0 Å². The molecule has 0 saturated heterocycles. The van der Waals surface area contributed by atoms with Gasteiger partial charge < -0.3 is 0 Å². The van der Waals surface area contributed by atoms with Gasteiger partial charge in [0.25, 0.3) is 0 Å². The van der Waals surface area contributed by atoms with Gasteiger partial charge in [-0.1, -0.05) is 121 Å². The maximum absolute atomic E-state index is 10.7. The van der Waals surface area contributed by atoms with Gasteiger partial charge in [-0.3, -0.25) is 0 Å². The second kappa shape index (κ2) is 19.4. The van der Waals surface area contributed by atoms with Crippen LogP contribution in [0.3, 0.4) is 0 Å². The monoisotopic (exact) mass is 782 g/mol. The van der Waals surface area contributed by atoms with Gasteiger partial charge >= 0.3 is 33.0 Å². The van der Waals surface area contributed by atoms with Crippen LogP contribution < -0.4 is 21.2 Å². The van der Waals surface area contributed by atoms with Crippen LogP contribution in [0.25, 0.3) is 0 Å². The van der Waals surface area contributed by atoms with E-state index in [0.717, 1.165) is 0 Å². The fourth-order valence-electron chi connectivity index (χ4n) is 4.64. The molecule has 0 spiro atoms. The number of hydrogen-bond acceptors (Lipinski definition) is 0. The van der Waals surface area contributed by atoms with Crippen LogP contribution in [0.2, 0.25) is 0 Å². The SMILES string of the molecule is F[P-](F)(F)(F)(F)F.[CH]1[CH]CC[CH][CH]CC1.[Rh].c1ccc(P(CCCCP(c2ccccc2)c2ccccc2)c2ccccc2)cc1. The van der Waals surface area contributed by atoms with Crippen molar-refractivity contribution >= 4 is 44.9 Å². The molecule has 0 aromatic heterocycles. The minimum absolute atomic E-state index is 0. The van der Waals surface area contributed by atoms with E-state index in [1.165, 1.54) is 72.1 Å². The van der Waals surface area contributed by atoms with Gasteiger partial charge in [0.15, 0.2) is 0 Å². The third-order valence-electron chi connectivity index (χ3n) is 6.62. The fourth-order valence-corrected chi connectivity index (χ4v) is 9.48. The van der Waals surface area contributed by atoms with Gasteiger partial charge in [-0.25, -0.2) is 0 Å². The molecule has 4 aromatic carbocycles. The van der Waals surface area contributed by atoms with Crippen molar-refractivity contribution in [3.05, 3.63) is 147 Å². The Morgan fingerprint density at radius 3 is 0.783 bits per heavy atom. The zero-order chi connectivity index (χ0) is 32.5. The average molecular weight is 783 g/mol. The minimum Gasteiger partial charge on any atom is -0.0622 e. The molecule has 0 bridgehead atoms. The Morgan fingerprint density at radius 1 is 0.391 bits per heavy atom. The van der Waals surface area contributed by atoms with E-state index in [0.29, 0.717) is 0 Å². The number of benzene rings is 4. The largest absolute Gasteiger partial charge is 0.0622 e. The van der Waals surface area contributed by atoms with Crippen molar-refractivity contribution in [2.75, 3.05) is 12.3 Å². The van der Waals surface area contributed by atoms with E-state index in [1.54, 1.807) is 0 Å². The predicted octanol–water partition coefficient (Wildman–Crippen LogP) is 11.8. The van der Waals surface area contributed by atoms with Crippen LogP contribution >= 0.6 is 23.7 Å². The molecule has 0 heterocycles. The Bertz CT molecular complexity index is 1150. The molecule has 0 atom stereocenters. The Morgan fingerprint density at radius 2 is 0.587 bits per heavy atom. The first kappa shape index (κ1) is 40.5. The normalized spacial score (nSPS) is 15.0. The van der Waals surface area contributed by atoms with Crippen LogP contribution in [0.15, 0.2) is 121 Å². The maximum Gasteiger partial charge on any atom is 0 e. The molecule has 0 aliphatic heterocycles. The molecule has 0 amide bonds. The molecule has 4 aromatic rings. The van der Waals surface area contributed by atoms with Crippen molar-refractivity contribution in [3.63, 3.8) is 0 Å². The van der Waals surface area contributed by atoms with Crippen LogP contribution in [0.1, 0.15) is 38.5 Å². The smallest absolute Gasteiger partial charge is 0 e. The quantitative estimate of drug-likeness (QED) is 0.0687. The van der Waals surface area contributed by atoms with Gasteiger partial charge in [0.05, 0.1) is 0 Å². The van der Waals surface area contributed by atoms with Crippen LogP contribution in [0, 0.1) is 25.7 Å². The van der Waals surface area contributed by atoms with E-state index in [-0.39, 0.29) is 35.3 Å². The van der Waals surface area contributed by atoms with E-state index < -0.39 is 7.81 Å². The van der Waals surface area contributed by atoms with Crippen LogP contribution in [-0.2, 0) is 19.5 Å². The molecular weight excluding hydrogens is 742 g/mol. The summed E-state index contributed by atoms with van der Waals surface area (Å²) < 4.78 is 59.2. The van der Waals surface area contributed by atoms with Gasteiger partial charge in [0.1, 0.15) is 0 Å². The molecule has 1 fully saturated rings. The van der Waals surface area contributed by atoms with Crippen LogP contribution in [0.4, 0.5) is 25.2 Å². The van der Waals surface area contributed by atoms with Crippen LogP contribution in [-0.4, -0.2) is 12.3 Å². The van der Waals surface area contributed by atoms with Gasteiger partial charge in [0.2, 0.25) is 0 Å². The summed E-state index contributed by atoms with van der Waals surface area (Å²) in [5, 5.41) is 5.97. The Hall–Kier alpha value is -1.63. The summed E-state index contributed by atoms with van der Waals surface area (Å²) >= 11 is 0. The molecule has 251 valence electrons. The minimum atomic E-state index is -10.7. The topological polar surface area (TPSA) is 0 Å². The van der Waals surface area contributed by atoms with Crippen molar-refractivity contribution in [2.24, 2.45) is 0 Å². The van der Waals surface area contributed by atoms with Crippen molar-refractivity contribution in [2.45, 2.75) is 38.5 Å². The number of halogens is 6. The van der Waals surface area contributed by atoms with E-state index in [1.807, 2.05) is 0 Å². The van der Waals surface area contributed by atoms with Gasteiger partial charge in [-0.2, -0.15) is 0 Å². The number of hydrogen-bond donors (Lipinski definition) is 0. The molecule has 0 unspecified atom stereocenters. The average Bonchev–Trinajstić information content (AvgIpc) is 2.99. The van der Waals surface area contributed by atoms with E-state index in [2.05, 4.69) is 147 Å². The summed E-state index contributed by atoms with van der Waals surface area (Å²) in [6.45, 7) is 0. The number of rotatable bonds is 9. The molecule has 0 nitrogen and oxygen atoms in total. The van der Waals surface area contributed by atoms with E-state index in [9.17, 15) is 25.2 Å². The molecule has 1 saturated carbocycles. The molecular formula is C36H40F6P3Rh-. The Labute approximate surface area is 286 Å². The Balaban J connectivity index is 0.000000380. The zero-order valence-electron chi connectivity index (χ0n) is 25.5. The van der Waals surface area contributed by atoms with Crippen LogP contribution in [0.5, 0.6) is 0 Å². The molecule has 5 radical (unpaired) electrons. The van der Waals surface area contributed by atoms with Gasteiger partial charge in [0, 0.05) is 19.5 Å². The third kappa shape index (κ3) is 19.3. The first-order chi connectivity index (χ1) is 21.4. The number of unbranched alkanes of at least 4 members (excludes halogenated alkanes) is 1. The summed E-state index contributed by atoms with van der Waals surface area (Å²) in [4.78, 5) is 0. The second-order valence-electron chi connectivity index (χ2n) is 10.4. The second-order valence-corrected chi connectivity index (χ2v) is 17.0. The van der Waals surface area contributed by atoms with Crippen molar-refractivity contribution in [1.82, 2.24) is 0 Å². The standard InChI is InChI=1S/C28H28P2.C8H12.F6P.Rh/c1-5-15-25(16-6-1)29(26-17-7-2-8-18-26)23-13-14-24-30(27-19-9-3-10-20-27)28-21-11-4-12-22-28;1-2-4-6-8-7-5-3-1;1-7(2,3,4,5)6;/h1-12,15-22H,13-14,23-24H2;1-2,7-8H,3-6H2;;/q;;-1;. The summed E-state index contributed by atoms with van der Waals surface area (Å²) in [7, 11) is -11.2. The summed E-state index contributed by atoms with van der Waals surface area (Å²) in [6, 6.07) is 44.3. The van der Waals surface area contributed by atoms with Gasteiger partial charge in [-0.05, 0) is 114 Å². The molecule has 5 rings (SSSR count). The van der Waals surface area contributed by atoms with Gasteiger partial charge in [-0.15, -0.1) is 0 Å². The summed E-state index contributed by atoms with van der Waals surface area (Å²) in [5.74, 6) is 0. The molecule has 1 aliphatic rings. The fraction of sp³-hybridized carbons (Fsp3) is 0.222. The molecule has 46 heavy (non-hydrogen) atoms. The molecule has 0 N–H and O–H groups in total. The van der Waals surface area contributed by atoms with Crippen molar-refractivity contribution in [3.8, 4) is 0 Å². The molecule has 10 heteroatoms. The first-order valence-corrected chi connectivity index (χ1v) is 20.1. The molecule has 1 aliphatic carbocycles. The maximum atomic E-state index is 9.87. The zero-order valence-corrected chi connectivity index (χ0v) is 29.8. The predicted molar refractivity (Wildman–Crippen MR) is 186 cm³/mol.